The summed E-state index contributed by atoms with van der Waals surface area (Å²) in [5.74, 6) is -1.59. The van der Waals surface area contributed by atoms with Crippen LogP contribution in [-0.4, -0.2) is 39.1 Å². The molecule has 12 heteroatoms. The van der Waals surface area contributed by atoms with Crippen LogP contribution < -0.4 is 20.3 Å². The van der Waals surface area contributed by atoms with Crippen LogP contribution in [-0.2, 0) is 24.3 Å². The summed E-state index contributed by atoms with van der Waals surface area (Å²) in [5.41, 5.74) is 0.0758. The first-order valence-electron chi connectivity index (χ1n) is 9.56. The second-order valence-corrected chi connectivity index (χ2v) is 8.57. The second kappa shape index (κ2) is 9.22. The van der Waals surface area contributed by atoms with Crippen LogP contribution in [0.2, 0.25) is 0 Å². The Balaban J connectivity index is 1.76. The van der Waals surface area contributed by atoms with Gasteiger partial charge in [0.25, 0.3) is 10.0 Å². The van der Waals surface area contributed by atoms with Crippen LogP contribution in [0.3, 0.4) is 0 Å². The fourth-order valence-corrected chi connectivity index (χ4v) is 4.05. The number of anilines is 3. The number of rotatable bonds is 7. The number of nitrogens with zero attached hydrogens (tertiary/aromatic N) is 1. The number of hydrogen-bond donors (Lipinski definition) is 3. The highest BCUT2D eigenvalue weighted by Crippen LogP contribution is 2.27. The maximum atomic E-state index is 14.7. The third kappa shape index (κ3) is 5.32. The molecular weight excluding hydrogens is 443 g/mol. The van der Waals surface area contributed by atoms with Crippen LogP contribution in [0.25, 0.3) is 0 Å². The monoisotopic (exact) mass is 464 g/mol. The summed E-state index contributed by atoms with van der Waals surface area (Å²) in [5, 5.41) is 4.99. The molecule has 0 saturated carbocycles. The highest BCUT2D eigenvalue weighted by Gasteiger charge is 2.33. The second-order valence-electron chi connectivity index (χ2n) is 6.88. The summed E-state index contributed by atoms with van der Waals surface area (Å²) >= 11 is 0. The van der Waals surface area contributed by atoms with Crippen LogP contribution >= 0.6 is 0 Å². The van der Waals surface area contributed by atoms with Crippen molar-refractivity contribution in [1.82, 2.24) is 5.32 Å². The molecule has 1 aliphatic heterocycles. The lowest BCUT2D eigenvalue weighted by molar-refractivity contribution is -0.123. The van der Waals surface area contributed by atoms with Gasteiger partial charge in [-0.1, -0.05) is 13.0 Å². The Labute approximate surface area is 183 Å². The molecule has 3 amide bonds. The van der Waals surface area contributed by atoms with Crippen molar-refractivity contribution in [3.8, 4) is 0 Å². The molecule has 1 fully saturated rings. The first-order valence-corrected chi connectivity index (χ1v) is 11.0. The highest BCUT2D eigenvalue weighted by molar-refractivity contribution is 7.92. The summed E-state index contributed by atoms with van der Waals surface area (Å²) in [6, 6.07) is 8.99. The zero-order chi connectivity index (χ0) is 23.5. The smallest absolute Gasteiger partial charge is 0.416 e. The van der Waals surface area contributed by atoms with E-state index in [4.69, 9.17) is 4.74 Å². The van der Waals surface area contributed by atoms with Crippen LogP contribution in [0.15, 0.2) is 47.4 Å². The van der Waals surface area contributed by atoms with Gasteiger partial charge in [-0.05, 0) is 36.4 Å². The molecule has 1 atom stereocenters. The quantitative estimate of drug-likeness (QED) is 0.576. The lowest BCUT2D eigenvalue weighted by Crippen LogP contribution is -2.37. The Hall–Kier alpha value is -3.67. The third-order valence-corrected chi connectivity index (χ3v) is 5.79. The number of halogens is 1. The van der Waals surface area contributed by atoms with Crippen molar-refractivity contribution in [2.24, 2.45) is 0 Å². The summed E-state index contributed by atoms with van der Waals surface area (Å²) in [6.07, 6.45) is -1.42. The number of amides is 3. The number of sulfonamides is 1. The van der Waals surface area contributed by atoms with Crippen LogP contribution in [0.4, 0.5) is 26.2 Å². The van der Waals surface area contributed by atoms with Gasteiger partial charge in [0.05, 0.1) is 22.8 Å². The minimum atomic E-state index is -4.16. The molecule has 2 aromatic rings. The lowest BCUT2D eigenvalue weighted by Gasteiger charge is -2.15. The van der Waals surface area contributed by atoms with Crippen LogP contribution in [0, 0.1) is 5.82 Å². The van der Waals surface area contributed by atoms with Crippen molar-refractivity contribution in [2.45, 2.75) is 31.4 Å². The van der Waals surface area contributed by atoms with E-state index in [0.29, 0.717) is 0 Å². The van der Waals surface area contributed by atoms with E-state index in [0.717, 1.165) is 11.0 Å². The summed E-state index contributed by atoms with van der Waals surface area (Å²) in [4.78, 5) is 35.7. The molecule has 10 nitrogen and oxygen atoms in total. The van der Waals surface area contributed by atoms with E-state index in [-0.39, 0.29) is 46.7 Å². The Morgan fingerprint density at radius 2 is 1.97 bits per heavy atom. The van der Waals surface area contributed by atoms with Gasteiger partial charge in [0.15, 0.2) is 6.23 Å². The molecule has 170 valence electrons. The maximum absolute atomic E-state index is 14.7. The van der Waals surface area contributed by atoms with Gasteiger partial charge in [-0.3, -0.25) is 19.2 Å². The number of carbonyl (C=O) groups is 3. The minimum absolute atomic E-state index is 0.0228. The number of cyclic esters (lactones) is 1. The van der Waals surface area contributed by atoms with Gasteiger partial charge in [-0.15, -0.1) is 0 Å². The minimum Gasteiger partial charge on any atom is -0.423 e. The largest absolute Gasteiger partial charge is 0.423 e. The molecule has 0 radical (unpaired) electrons. The van der Waals surface area contributed by atoms with Crippen molar-refractivity contribution in [2.75, 3.05) is 21.5 Å². The van der Waals surface area contributed by atoms with Gasteiger partial charge >= 0.3 is 6.09 Å². The van der Waals surface area contributed by atoms with Crippen molar-refractivity contribution in [1.29, 1.82) is 0 Å². The van der Waals surface area contributed by atoms with Crippen LogP contribution in [0.1, 0.15) is 20.3 Å². The summed E-state index contributed by atoms with van der Waals surface area (Å²) in [6.45, 7) is 2.91. The summed E-state index contributed by atoms with van der Waals surface area (Å²) in [7, 11) is -4.16. The molecule has 1 aliphatic rings. The standard InChI is InChI=1S/C20H21FN4O6S/c1-3-18(27)23-19-11-25(20(28)31-19)14-7-8-17(16(21)10-14)24-32(29,30)15-6-4-5-13(9-15)22-12(2)26/h4-10,19,24H,3,11H2,1-2H3,(H,22,26)(H,23,27)/t19-/m0/s1. The predicted octanol–water partition coefficient (Wildman–Crippen LogP) is 2.39. The molecule has 0 unspecified atom stereocenters. The number of ether oxygens (including phenoxy) is 1. The van der Waals surface area contributed by atoms with Crippen LogP contribution in [0.5, 0.6) is 0 Å². The van der Waals surface area contributed by atoms with Gasteiger partial charge in [0.1, 0.15) is 5.82 Å². The van der Waals surface area contributed by atoms with E-state index in [1.807, 2.05) is 0 Å². The molecule has 2 aromatic carbocycles. The van der Waals surface area contributed by atoms with E-state index in [1.54, 1.807) is 6.92 Å². The lowest BCUT2D eigenvalue weighted by atomic mass is 10.2. The predicted molar refractivity (Wildman–Crippen MR) is 114 cm³/mol. The van der Waals surface area contributed by atoms with Gasteiger partial charge in [0, 0.05) is 19.0 Å². The Bertz CT molecular complexity index is 1170. The zero-order valence-electron chi connectivity index (χ0n) is 17.2. The highest BCUT2D eigenvalue weighted by atomic mass is 32.2. The van der Waals surface area contributed by atoms with E-state index in [1.165, 1.54) is 43.3 Å². The first-order chi connectivity index (χ1) is 15.1. The summed E-state index contributed by atoms with van der Waals surface area (Å²) < 4.78 is 47.1. The molecule has 0 bridgehead atoms. The molecule has 3 N–H and O–H groups in total. The van der Waals surface area contributed by atoms with Gasteiger partial charge < -0.3 is 15.4 Å². The molecule has 0 aliphatic carbocycles. The van der Waals surface area contributed by atoms with Gasteiger partial charge in [0.2, 0.25) is 11.8 Å². The fourth-order valence-electron chi connectivity index (χ4n) is 2.93. The SMILES string of the molecule is CCC(=O)N[C@@H]1CN(c2ccc(NS(=O)(=O)c3cccc(NC(C)=O)c3)c(F)c2)C(=O)O1. The van der Waals surface area contributed by atoms with Gasteiger partial charge in [-0.2, -0.15) is 0 Å². The number of carbonyl (C=O) groups excluding carboxylic acids is 3. The topological polar surface area (TPSA) is 134 Å². The van der Waals surface area contributed by atoms with E-state index < -0.39 is 28.2 Å². The fraction of sp³-hybridized carbons (Fsp3) is 0.250. The van der Waals surface area contributed by atoms with E-state index in [2.05, 4.69) is 15.4 Å². The van der Waals surface area contributed by atoms with E-state index >= 15 is 0 Å². The van der Waals surface area contributed by atoms with Gasteiger partial charge in [-0.25, -0.2) is 17.6 Å². The van der Waals surface area contributed by atoms with Crippen molar-refractivity contribution in [3.63, 3.8) is 0 Å². The van der Waals surface area contributed by atoms with Crippen molar-refractivity contribution >= 4 is 45.0 Å². The van der Waals surface area contributed by atoms with Crippen molar-refractivity contribution < 1.29 is 31.9 Å². The normalized spacial score (nSPS) is 15.8. The van der Waals surface area contributed by atoms with Crippen molar-refractivity contribution in [3.05, 3.63) is 48.3 Å². The Morgan fingerprint density at radius 1 is 1.22 bits per heavy atom. The zero-order valence-corrected chi connectivity index (χ0v) is 18.0. The molecule has 1 saturated heterocycles. The molecular formula is C20H21FN4O6S. The van der Waals surface area contributed by atoms with E-state index in [9.17, 15) is 27.2 Å². The average molecular weight is 464 g/mol. The molecule has 0 spiro atoms. The number of benzene rings is 2. The molecule has 3 rings (SSSR count). The molecule has 1 heterocycles. The number of hydrogen-bond acceptors (Lipinski definition) is 6. The molecule has 32 heavy (non-hydrogen) atoms. The Morgan fingerprint density at radius 3 is 2.62 bits per heavy atom. The average Bonchev–Trinajstić information content (AvgIpc) is 3.09. The first kappa shape index (κ1) is 23.0. The Kier molecular flexibility index (Phi) is 6.63. The maximum Gasteiger partial charge on any atom is 0.416 e. The third-order valence-electron chi connectivity index (χ3n) is 4.43. The molecule has 0 aromatic heterocycles. The number of nitrogens with one attached hydrogen (secondary N) is 3.